The van der Waals surface area contributed by atoms with E-state index in [0.29, 0.717) is 30.7 Å². The van der Waals surface area contributed by atoms with Crippen molar-refractivity contribution in [1.82, 2.24) is 23.9 Å². The number of hydrogen-bond donors (Lipinski definition) is 1. The van der Waals surface area contributed by atoms with Gasteiger partial charge in [0.2, 0.25) is 10.0 Å². The van der Waals surface area contributed by atoms with Gasteiger partial charge in [-0.1, -0.05) is 6.07 Å². The third-order valence-corrected chi connectivity index (χ3v) is 7.23. The third kappa shape index (κ3) is 4.13. The Hall–Kier alpha value is -2.46. The molecule has 0 saturated carbocycles. The first kappa shape index (κ1) is 19.8. The van der Waals surface area contributed by atoms with E-state index in [1.165, 1.54) is 0 Å². The number of pyridine rings is 1. The highest BCUT2D eigenvalue weighted by Gasteiger charge is 2.28. The van der Waals surface area contributed by atoms with Crippen molar-refractivity contribution < 1.29 is 8.42 Å². The Balaban J connectivity index is 1.58. The van der Waals surface area contributed by atoms with Crippen LogP contribution in [0.25, 0.3) is 5.65 Å². The fourth-order valence-corrected chi connectivity index (χ4v) is 4.77. The van der Waals surface area contributed by atoms with E-state index < -0.39 is 10.0 Å². The number of fused-ring (bicyclic) bond motifs is 1. The molecule has 8 nitrogen and oxygen atoms in total. The molecule has 1 fully saturated rings. The minimum Gasteiger partial charge on any atom is -0.366 e. The first-order valence-electron chi connectivity index (χ1n) is 9.72. The Morgan fingerprint density at radius 1 is 1.28 bits per heavy atom. The number of anilines is 1. The van der Waals surface area contributed by atoms with Crippen molar-refractivity contribution in [3.05, 3.63) is 48.0 Å². The van der Waals surface area contributed by atoms with E-state index in [1.807, 2.05) is 24.4 Å². The molecule has 29 heavy (non-hydrogen) atoms. The molecule has 2 radical (unpaired) electrons. The predicted octanol–water partition coefficient (Wildman–Crippen LogP) is 1.06. The van der Waals surface area contributed by atoms with Crippen LogP contribution in [0.3, 0.4) is 0 Å². The quantitative estimate of drug-likeness (QED) is 0.611. The molecule has 0 aromatic carbocycles. The van der Waals surface area contributed by atoms with Gasteiger partial charge in [-0.25, -0.2) is 17.7 Å². The lowest BCUT2D eigenvalue weighted by molar-refractivity contribution is 0.317. The zero-order valence-electron chi connectivity index (χ0n) is 16.3. The van der Waals surface area contributed by atoms with E-state index in [-0.39, 0.29) is 11.7 Å². The number of piperidine rings is 1. The van der Waals surface area contributed by atoms with Gasteiger partial charge in [0.05, 0.1) is 5.75 Å². The molecule has 0 aliphatic carbocycles. The fraction of sp³-hybridized carbons (Fsp3) is 0.421. The molecule has 1 N–H and O–H groups in total. The second-order valence-electron chi connectivity index (χ2n) is 7.19. The number of rotatable bonds is 6. The van der Waals surface area contributed by atoms with Gasteiger partial charge < -0.3 is 5.32 Å². The van der Waals surface area contributed by atoms with Crippen molar-refractivity contribution in [1.29, 1.82) is 0 Å². The maximum Gasteiger partial charge on any atom is 0.213 e. The van der Waals surface area contributed by atoms with Gasteiger partial charge in [0, 0.05) is 55.9 Å². The molecule has 1 aliphatic rings. The molecule has 1 saturated heterocycles. The van der Waals surface area contributed by atoms with Crippen LogP contribution in [0.1, 0.15) is 36.9 Å². The van der Waals surface area contributed by atoms with Crippen LogP contribution in [-0.4, -0.2) is 59.0 Å². The lowest BCUT2D eigenvalue weighted by Crippen LogP contribution is -2.38. The molecule has 1 aliphatic heterocycles. The van der Waals surface area contributed by atoms with Gasteiger partial charge >= 0.3 is 0 Å². The molecule has 0 bridgehead atoms. The number of hydrogen-bond acceptors (Lipinski definition) is 6. The number of nitrogens with one attached hydrogen (secondary N) is 1. The average molecular weight is 410 g/mol. The SMILES string of the molecule is [B]c1cnn2c(NCc3cccnc3)cc(C3CCN(S(=O)(=O)CC)CC3)nc12. The Labute approximate surface area is 171 Å². The second-order valence-corrected chi connectivity index (χ2v) is 9.45. The first-order chi connectivity index (χ1) is 14.0. The lowest BCUT2D eigenvalue weighted by Gasteiger charge is -2.30. The van der Waals surface area contributed by atoms with E-state index in [2.05, 4.69) is 15.4 Å². The van der Waals surface area contributed by atoms with Crippen molar-refractivity contribution in [2.45, 2.75) is 32.2 Å². The Kier molecular flexibility index (Phi) is 5.55. The van der Waals surface area contributed by atoms with Crippen LogP contribution in [0, 0.1) is 0 Å². The van der Waals surface area contributed by atoms with Crippen molar-refractivity contribution >= 4 is 34.8 Å². The molecule has 4 rings (SSSR count). The van der Waals surface area contributed by atoms with Crippen molar-refractivity contribution in [2.75, 3.05) is 24.2 Å². The third-order valence-electron chi connectivity index (χ3n) is 5.35. The highest BCUT2D eigenvalue weighted by molar-refractivity contribution is 7.89. The second kappa shape index (κ2) is 8.12. The average Bonchev–Trinajstić information content (AvgIpc) is 3.14. The monoisotopic (exact) mass is 410 g/mol. The van der Waals surface area contributed by atoms with Crippen molar-refractivity contribution in [3.63, 3.8) is 0 Å². The van der Waals surface area contributed by atoms with Crippen molar-refractivity contribution in [2.24, 2.45) is 0 Å². The summed E-state index contributed by atoms with van der Waals surface area (Å²) in [5.74, 6) is 1.11. The van der Waals surface area contributed by atoms with Gasteiger partial charge in [-0.2, -0.15) is 9.61 Å². The van der Waals surface area contributed by atoms with E-state index in [0.717, 1.165) is 29.9 Å². The Bertz CT molecular complexity index is 1090. The van der Waals surface area contributed by atoms with Crippen LogP contribution < -0.4 is 10.8 Å². The van der Waals surface area contributed by atoms with E-state index in [1.54, 1.807) is 28.1 Å². The highest BCUT2D eigenvalue weighted by Crippen LogP contribution is 2.30. The van der Waals surface area contributed by atoms with Gasteiger partial charge in [0.25, 0.3) is 0 Å². The standard InChI is InChI=1S/C19H23BN6O2S/c1-2-29(27,28)25-8-5-15(6-9-25)17-10-18(22-12-14-4-3-7-21-11-14)26-19(24-17)16(20)13-23-26/h3-4,7,10-11,13,15,22H,2,5-6,8-9,12H2,1H3. The van der Waals surface area contributed by atoms with Gasteiger partial charge in [-0.3, -0.25) is 4.98 Å². The number of sulfonamides is 1. The summed E-state index contributed by atoms with van der Waals surface area (Å²) in [6.07, 6.45) is 6.62. The lowest BCUT2D eigenvalue weighted by atomic mass is 9.94. The zero-order valence-corrected chi connectivity index (χ0v) is 17.1. The number of nitrogens with zero attached hydrogens (tertiary/aromatic N) is 5. The summed E-state index contributed by atoms with van der Waals surface area (Å²) >= 11 is 0. The van der Waals surface area contributed by atoms with E-state index in [9.17, 15) is 8.42 Å². The van der Waals surface area contributed by atoms with Crippen LogP contribution in [0.15, 0.2) is 36.8 Å². The van der Waals surface area contributed by atoms with Crippen molar-refractivity contribution in [3.8, 4) is 0 Å². The first-order valence-corrected chi connectivity index (χ1v) is 11.3. The topological polar surface area (TPSA) is 92.5 Å². The molecular weight excluding hydrogens is 387 g/mol. The predicted molar refractivity (Wildman–Crippen MR) is 113 cm³/mol. The van der Waals surface area contributed by atoms with Gasteiger partial charge in [-0.15, -0.1) is 0 Å². The van der Waals surface area contributed by atoms with Gasteiger partial charge in [0.15, 0.2) is 0 Å². The zero-order chi connectivity index (χ0) is 20.4. The Morgan fingerprint density at radius 3 is 2.76 bits per heavy atom. The summed E-state index contributed by atoms with van der Waals surface area (Å²) in [4.78, 5) is 8.88. The number of aromatic nitrogens is 4. The smallest absolute Gasteiger partial charge is 0.213 e. The molecule has 0 unspecified atom stereocenters. The van der Waals surface area contributed by atoms with E-state index in [4.69, 9.17) is 12.8 Å². The molecular formula is C19H23BN6O2S. The molecule has 0 spiro atoms. The Morgan fingerprint density at radius 2 is 2.07 bits per heavy atom. The molecule has 10 heteroatoms. The van der Waals surface area contributed by atoms with Crippen LogP contribution >= 0.6 is 0 Å². The summed E-state index contributed by atoms with van der Waals surface area (Å²) in [6, 6.07) is 5.89. The summed E-state index contributed by atoms with van der Waals surface area (Å²) in [7, 11) is 2.93. The summed E-state index contributed by atoms with van der Waals surface area (Å²) in [5.41, 5.74) is 3.09. The summed E-state index contributed by atoms with van der Waals surface area (Å²) < 4.78 is 27.5. The van der Waals surface area contributed by atoms with Gasteiger partial charge in [-0.05, 0) is 36.9 Å². The minimum absolute atomic E-state index is 0.136. The normalized spacial score (nSPS) is 16.3. The fourth-order valence-electron chi connectivity index (χ4n) is 3.64. The summed E-state index contributed by atoms with van der Waals surface area (Å²) in [5, 5.41) is 7.73. The van der Waals surface area contributed by atoms with Crippen LogP contribution in [0.2, 0.25) is 0 Å². The maximum atomic E-state index is 12.1. The highest BCUT2D eigenvalue weighted by atomic mass is 32.2. The van der Waals surface area contributed by atoms with Crippen LogP contribution in [0.4, 0.5) is 5.82 Å². The minimum atomic E-state index is -3.15. The van der Waals surface area contributed by atoms with Gasteiger partial charge in [0.1, 0.15) is 19.3 Å². The molecule has 0 atom stereocenters. The molecule has 4 heterocycles. The molecule has 3 aromatic heterocycles. The molecule has 150 valence electrons. The summed E-state index contributed by atoms with van der Waals surface area (Å²) in [6.45, 7) is 3.31. The molecule has 3 aromatic rings. The molecule has 0 amide bonds. The van der Waals surface area contributed by atoms with Crippen LogP contribution in [-0.2, 0) is 16.6 Å². The largest absolute Gasteiger partial charge is 0.366 e. The van der Waals surface area contributed by atoms with E-state index >= 15 is 0 Å². The maximum absolute atomic E-state index is 12.1. The van der Waals surface area contributed by atoms with Crippen LogP contribution in [0.5, 0.6) is 0 Å².